The molecule has 162 valence electrons. The third-order valence-electron chi connectivity index (χ3n) is 4.36. The van der Waals surface area contributed by atoms with Crippen LogP contribution in [0.3, 0.4) is 0 Å². The van der Waals surface area contributed by atoms with E-state index >= 15 is 0 Å². The fourth-order valence-corrected chi connectivity index (χ4v) is 2.86. The first-order valence-corrected chi connectivity index (χ1v) is 10.5. The number of carbonyl (C=O) groups excluding carboxylic acids is 2. The minimum atomic E-state index is -0.195. The van der Waals surface area contributed by atoms with Crippen molar-refractivity contribution in [3.8, 4) is 5.75 Å². The van der Waals surface area contributed by atoms with Crippen molar-refractivity contribution in [2.45, 2.75) is 52.9 Å². The standard InChI is InChI=1S/C24H32N2O4/c1-4-29-22-12-6-5-11-21(22)24(28)25-14-8-13-23(27)26-16-19-9-7-10-20(15-19)17-30-18(2)3/h5-7,9-12,15,18H,4,8,13-14,16-17H2,1-3H3,(H,25,28)(H,26,27). The number of nitrogens with one attached hydrogen (secondary N) is 2. The van der Waals surface area contributed by atoms with Gasteiger partial charge in [-0.05, 0) is 50.5 Å². The van der Waals surface area contributed by atoms with Gasteiger partial charge in [0.05, 0.1) is 24.9 Å². The molecule has 0 radical (unpaired) electrons. The third kappa shape index (κ3) is 8.25. The fraction of sp³-hybridized carbons (Fsp3) is 0.417. The van der Waals surface area contributed by atoms with Crippen LogP contribution in [0.1, 0.15) is 55.1 Å². The second-order valence-corrected chi connectivity index (χ2v) is 7.25. The van der Waals surface area contributed by atoms with Crippen molar-refractivity contribution in [3.63, 3.8) is 0 Å². The van der Waals surface area contributed by atoms with Crippen molar-refractivity contribution in [3.05, 3.63) is 65.2 Å². The van der Waals surface area contributed by atoms with Crippen LogP contribution < -0.4 is 15.4 Å². The first-order chi connectivity index (χ1) is 14.5. The molecule has 2 N–H and O–H groups in total. The Balaban J connectivity index is 1.69. The van der Waals surface area contributed by atoms with Gasteiger partial charge in [0.1, 0.15) is 5.75 Å². The molecule has 0 aliphatic rings. The average Bonchev–Trinajstić information content (AvgIpc) is 2.74. The second kappa shape index (κ2) is 12.6. The highest BCUT2D eigenvalue weighted by Gasteiger charge is 2.11. The largest absolute Gasteiger partial charge is 0.493 e. The third-order valence-corrected chi connectivity index (χ3v) is 4.36. The summed E-state index contributed by atoms with van der Waals surface area (Å²) in [5.41, 5.74) is 2.63. The maximum absolute atomic E-state index is 12.3. The lowest BCUT2D eigenvalue weighted by atomic mass is 10.1. The van der Waals surface area contributed by atoms with Gasteiger partial charge in [0.2, 0.25) is 5.91 Å². The topological polar surface area (TPSA) is 76.7 Å². The van der Waals surface area contributed by atoms with Gasteiger partial charge in [-0.3, -0.25) is 9.59 Å². The Morgan fingerprint density at radius 1 is 1.00 bits per heavy atom. The number of hydrogen-bond donors (Lipinski definition) is 2. The van der Waals surface area contributed by atoms with Crippen LogP contribution in [-0.4, -0.2) is 31.1 Å². The van der Waals surface area contributed by atoms with Crippen LogP contribution in [-0.2, 0) is 22.7 Å². The molecule has 0 spiro atoms. The van der Waals surface area contributed by atoms with E-state index in [2.05, 4.69) is 10.6 Å². The Morgan fingerprint density at radius 3 is 2.53 bits per heavy atom. The summed E-state index contributed by atoms with van der Waals surface area (Å²) in [6.07, 6.45) is 1.10. The zero-order chi connectivity index (χ0) is 21.8. The molecule has 30 heavy (non-hydrogen) atoms. The molecule has 0 bridgehead atoms. The predicted molar refractivity (Wildman–Crippen MR) is 117 cm³/mol. The molecule has 0 unspecified atom stereocenters. The van der Waals surface area contributed by atoms with Gasteiger partial charge in [-0.15, -0.1) is 0 Å². The zero-order valence-corrected chi connectivity index (χ0v) is 18.1. The number of ether oxygens (including phenoxy) is 2. The zero-order valence-electron chi connectivity index (χ0n) is 18.1. The van der Waals surface area contributed by atoms with Crippen LogP contribution in [0.2, 0.25) is 0 Å². The summed E-state index contributed by atoms with van der Waals surface area (Å²) in [4.78, 5) is 24.4. The van der Waals surface area contributed by atoms with Crippen molar-refractivity contribution < 1.29 is 19.1 Å². The molecule has 0 saturated heterocycles. The summed E-state index contributed by atoms with van der Waals surface area (Å²) in [5.74, 6) is 0.332. The van der Waals surface area contributed by atoms with Crippen molar-refractivity contribution >= 4 is 11.8 Å². The minimum absolute atomic E-state index is 0.0391. The summed E-state index contributed by atoms with van der Waals surface area (Å²) in [7, 11) is 0. The van der Waals surface area contributed by atoms with Crippen LogP contribution >= 0.6 is 0 Å². The fourth-order valence-electron chi connectivity index (χ4n) is 2.86. The molecular formula is C24H32N2O4. The van der Waals surface area contributed by atoms with E-state index in [1.54, 1.807) is 18.2 Å². The Labute approximate surface area is 179 Å². The molecule has 0 atom stereocenters. The molecule has 0 aromatic heterocycles. The number of rotatable bonds is 12. The highest BCUT2D eigenvalue weighted by Crippen LogP contribution is 2.17. The first-order valence-electron chi connectivity index (χ1n) is 10.5. The number of amides is 2. The maximum atomic E-state index is 12.3. The summed E-state index contributed by atoms with van der Waals surface area (Å²) < 4.78 is 11.1. The predicted octanol–water partition coefficient (Wildman–Crippen LogP) is 3.84. The molecule has 6 heteroatoms. The van der Waals surface area contributed by atoms with Gasteiger partial charge >= 0.3 is 0 Å². The monoisotopic (exact) mass is 412 g/mol. The lowest BCUT2D eigenvalue weighted by molar-refractivity contribution is -0.121. The van der Waals surface area contributed by atoms with E-state index in [1.807, 2.05) is 51.1 Å². The Kier molecular flexibility index (Phi) is 9.87. The second-order valence-electron chi connectivity index (χ2n) is 7.25. The van der Waals surface area contributed by atoms with Crippen LogP contribution in [0.15, 0.2) is 48.5 Å². The molecule has 2 aromatic carbocycles. The molecule has 2 rings (SSSR count). The lowest BCUT2D eigenvalue weighted by Crippen LogP contribution is -2.27. The molecule has 0 fully saturated rings. The van der Waals surface area contributed by atoms with Gasteiger partial charge < -0.3 is 20.1 Å². The van der Waals surface area contributed by atoms with Gasteiger partial charge in [-0.2, -0.15) is 0 Å². The van der Waals surface area contributed by atoms with E-state index in [0.29, 0.717) is 50.5 Å². The van der Waals surface area contributed by atoms with E-state index in [9.17, 15) is 9.59 Å². The number of para-hydroxylation sites is 1. The molecule has 0 aliphatic heterocycles. The molecule has 0 heterocycles. The quantitative estimate of drug-likeness (QED) is 0.520. The van der Waals surface area contributed by atoms with Crippen molar-refractivity contribution in [2.75, 3.05) is 13.2 Å². The molecule has 0 aliphatic carbocycles. The normalized spacial score (nSPS) is 10.7. The Bertz CT molecular complexity index is 820. The summed E-state index contributed by atoms with van der Waals surface area (Å²) in [6, 6.07) is 15.1. The van der Waals surface area contributed by atoms with E-state index in [0.717, 1.165) is 11.1 Å². The van der Waals surface area contributed by atoms with Gasteiger partial charge in [0, 0.05) is 19.5 Å². The molecule has 6 nitrogen and oxygen atoms in total. The maximum Gasteiger partial charge on any atom is 0.255 e. The smallest absolute Gasteiger partial charge is 0.255 e. The number of carbonyl (C=O) groups is 2. The molecule has 2 aromatic rings. The summed E-state index contributed by atoms with van der Waals surface area (Å²) >= 11 is 0. The lowest BCUT2D eigenvalue weighted by Gasteiger charge is -2.11. The summed E-state index contributed by atoms with van der Waals surface area (Å²) in [5, 5.41) is 5.77. The molecular weight excluding hydrogens is 380 g/mol. The number of hydrogen-bond acceptors (Lipinski definition) is 4. The summed E-state index contributed by atoms with van der Waals surface area (Å²) in [6.45, 7) is 7.85. The molecule has 2 amide bonds. The highest BCUT2D eigenvalue weighted by molar-refractivity contribution is 5.96. The van der Waals surface area contributed by atoms with Gasteiger partial charge in [-0.25, -0.2) is 0 Å². The molecule has 0 saturated carbocycles. The van der Waals surface area contributed by atoms with Gasteiger partial charge in [0.15, 0.2) is 0 Å². The average molecular weight is 413 g/mol. The van der Waals surface area contributed by atoms with Crippen molar-refractivity contribution in [2.24, 2.45) is 0 Å². The van der Waals surface area contributed by atoms with Crippen LogP contribution in [0.5, 0.6) is 5.75 Å². The Morgan fingerprint density at radius 2 is 1.77 bits per heavy atom. The van der Waals surface area contributed by atoms with Gasteiger partial charge in [0.25, 0.3) is 5.91 Å². The number of benzene rings is 2. The minimum Gasteiger partial charge on any atom is -0.493 e. The van der Waals surface area contributed by atoms with Crippen LogP contribution in [0, 0.1) is 0 Å². The van der Waals surface area contributed by atoms with Crippen LogP contribution in [0.4, 0.5) is 0 Å². The Hall–Kier alpha value is -2.86. The van der Waals surface area contributed by atoms with E-state index in [4.69, 9.17) is 9.47 Å². The van der Waals surface area contributed by atoms with E-state index in [-0.39, 0.29) is 17.9 Å². The van der Waals surface area contributed by atoms with Crippen molar-refractivity contribution in [1.29, 1.82) is 0 Å². The SMILES string of the molecule is CCOc1ccccc1C(=O)NCCCC(=O)NCc1cccc(COC(C)C)c1. The first kappa shape index (κ1) is 23.4. The van der Waals surface area contributed by atoms with Gasteiger partial charge in [-0.1, -0.05) is 36.4 Å². The van der Waals surface area contributed by atoms with E-state index in [1.165, 1.54) is 0 Å². The highest BCUT2D eigenvalue weighted by atomic mass is 16.5. The van der Waals surface area contributed by atoms with Crippen LogP contribution in [0.25, 0.3) is 0 Å². The van der Waals surface area contributed by atoms with E-state index < -0.39 is 0 Å². The van der Waals surface area contributed by atoms with Crippen molar-refractivity contribution in [1.82, 2.24) is 10.6 Å².